The second-order valence-corrected chi connectivity index (χ2v) is 12.2. The summed E-state index contributed by atoms with van der Waals surface area (Å²) in [5, 5.41) is 9.17. The highest BCUT2D eigenvalue weighted by Crippen LogP contribution is 2.30. The van der Waals surface area contributed by atoms with Crippen molar-refractivity contribution in [3.05, 3.63) is 93.1 Å². The van der Waals surface area contributed by atoms with Gasteiger partial charge in [-0.05, 0) is 78.3 Å². The van der Waals surface area contributed by atoms with Gasteiger partial charge in [0.15, 0.2) is 23.1 Å². The summed E-state index contributed by atoms with van der Waals surface area (Å²) in [6, 6.07) is 13.8. The Morgan fingerprint density at radius 1 is 0.489 bits per heavy atom. The fraction of sp³-hybridized carbons (Fsp3) is 0.421. The maximum absolute atomic E-state index is 12.8. The van der Waals surface area contributed by atoms with Crippen LogP contribution in [0.5, 0.6) is 0 Å². The number of allylic oxidation sites excluding steroid dienone is 4. The van der Waals surface area contributed by atoms with Gasteiger partial charge in [0.05, 0.1) is 0 Å². The Labute approximate surface area is 276 Å². The van der Waals surface area contributed by atoms with Crippen molar-refractivity contribution < 1.29 is 28.8 Å². The van der Waals surface area contributed by atoms with Crippen LogP contribution in [-0.4, -0.2) is 61.1 Å². The normalized spacial score (nSPS) is 14.3. The highest BCUT2D eigenvalue weighted by atomic mass is 16.2. The van der Waals surface area contributed by atoms with Gasteiger partial charge >= 0.3 is 0 Å². The number of benzene rings is 2. The molecule has 0 saturated carbocycles. The molecule has 0 atom stereocenters. The van der Waals surface area contributed by atoms with Crippen LogP contribution in [0, 0.1) is 0 Å². The zero-order chi connectivity index (χ0) is 33.8. The maximum atomic E-state index is 12.8. The van der Waals surface area contributed by atoms with E-state index in [0.29, 0.717) is 109 Å². The van der Waals surface area contributed by atoms with Gasteiger partial charge < -0.3 is 16.0 Å². The number of fused-ring (bicyclic) bond motifs is 2. The minimum atomic E-state index is -0.0934. The summed E-state index contributed by atoms with van der Waals surface area (Å²) in [6.45, 7) is 6.05. The zero-order valence-corrected chi connectivity index (χ0v) is 27.5. The monoisotopic (exact) mass is 639 g/mol. The molecule has 9 heteroatoms. The number of carbonyl (C=O) groups is 6. The van der Waals surface area contributed by atoms with Crippen LogP contribution < -0.4 is 16.0 Å². The summed E-state index contributed by atoms with van der Waals surface area (Å²) >= 11 is 0. The number of hydrogen-bond acceptors (Lipinski definition) is 7. The molecule has 2 amide bonds. The van der Waals surface area contributed by atoms with E-state index >= 15 is 0 Å². The Hall–Kier alpha value is -4.50. The molecule has 2 aromatic rings. The van der Waals surface area contributed by atoms with Crippen molar-refractivity contribution in [2.24, 2.45) is 0 Å². The van der Waals surface area contributed by atoms with E-state index in [1.807, 2.05) is 0 Å². The Balaban J connectivity index is 0.973. The lowest BCUT2D eigenvalue weighted by atomic mass is 9.83. The van der Waals surface area contributed by atoms with E-state index in [0.717, 1.165) is 25.9 Å². The van der Waals surface area contributed by atoms with Gasteiger partial charge in [0, 0.05) is 70.5 Å². The minimum absolute atomic E-state index is 0.0224. The van der Waals surface area contributed by atoms with E-state index in [1.54, 1.807) is 62.4 Å². The number of nitrogens with one attached hydrogen (secondary N) is 3. The van der Waals surface area contributed by atoms with E-state index < -0.39 is 0 Å². The number of carbonyl (C=O) groups excluding carboxylic acids is 6. The van der Waals surface area contributed by atoms with Crippen molar-refractivity contribution >= 4 is 34.9 Å². The third-order valence-electron chi connectivity index (χ3n) is 8.83. The van der Waals surface area contributed by atoms with Crippen LogP contribution in [0.4, 0.5) is 0 Å². The molecule has 3 N–H and O–H groups in total. The third kappa shape index (κ3) is 9.29. The molecule has 2 aliphatic rings. The molecule has 47 heavy (non-hydrogen) atoms. The third-order valence-corrected chi connectivity index (χ3v) is 8.83. The first kappa shape index (κ1) is 35.4. The molecule has 2 aliphatic carbocycles. The highest BCUT2D eigenvalue weighted by molar-refractivity contribution is 6.27. The van der Waals surface area contributed by atoms with Gasteiger partial charge in [-0.3, -0.25) is 28.8 Å². The Bertz CT molecular complexity index is 1480. The van der Waals surface area contributed by atoms with Crippen LogP contribution in [0.2, 0.25) is 0 Å². The first-order valence-corrected chi connectivity index (χ1v) is 16.7. The summed E-state index contributed by atoms with van der Waals surface area (Å²) in [5.41, 5.74) is 4.00. The number of rotatable bonds is 18. The Morgan fingerprint density at radius 2 is 0.851 bits per heavy atom. The predicted octanol–water partition coefficient (Wildman–Crippen LogP) is 5.50. The average molecular weight is 640 g/mol. The lowest BCUT2D eigenvalue weighted by Gasteiger charge is -2.18. The quantitative estimate of drug-likeness (QED) is 0.183. The first-order chi connectivity index (χ1) is 22.7. The number of amides is 2. The SMILES string of the molecule is CC1=C(CCCCC(=O)NCCCNCCCNC(=O)CCCCC2=C(C)C(=O)c3ccccc3C2=O)C(=O)c2ccccc2C1=O. The molecular weight excluding hydrogens is 594 g/mol. The van der Waals surface area contributed by atoms with E-state index in [2.05, 4.69) is 16.0 Å². The number of unbranched alkanes of at least 4 members (excludes halogenated alkanes) is 2. The zero-order valence-electron chi connectivity index (χ0n) is 27.5. The maximum Gasteiger partial charge on any atom is 0.219 e. The Morgan fingerprint density at radius 3 is 1.23 bits per heavy atom. The van der Waals surface area contributed by atoms with Gasteiger partial charge in [-0.25, -0.2) is 0 Å². The van der Waals surface area contributed by atoms with Gasteiger partial charge in [-0.1, -0.05) is 48.5 Å². The number of hydrogen-bond donors (Lipinski definition) is 3. The Kier molecular flexibility index (Phi) is 13.1. The molecule has 0 saturated heterocycles. The number of ketones is 4. The van der Waals surface area contributed by atoms with Gasteiger partial charge in [0.1, 0.15) is 0 Å². The molecule has 0 aliphatic heterocycles. The van der Waals surface area contributed by atoms with Crippen molar-refractivity contribution in [2.75, 3.05) is 26.2 Å². The average Bonchev–Trinajstić information content (AvgIpc) is 3.08. The molecule has 0 spiro atoms. The number of Topliss-reactive ketones (excluding diaryl/α,β-unsaturated/α-hetero) is 4. The smallest absolute Gasteiger partial charge is 0.219 e. The standard InChI is InChI=1S/C38H45N3O6/c1-25-27(37(46)31-17-5-3-15-29(31)35(25)44)13-7-9-19-33(42)40-23-11-21-39-22-12-24-41-34(43)20-10-8-14-28-26(2)36(45)30-16-4-6-18-32(30)38(28)47/h3-6,15-18,39H,7-14,19-24H2,1-2H3,(H,40,42)(H,41,43). The molecule has 0 bridgehead atoms. The first-order valence-electron chi connectivity index (χ1n) is 16.7. The molecule has 0 unspecified atom stereocenters. The summed E-state index contributed by atoms with van der Waals surface area (Å²) < 4.78 is 0. The van der Waals surface area contributed by atoms with Crippen LogP contribution in [-0.2, 0) is 9.59 Å². The summed E-state index contributed by atoms with van der Waals surface area (Å²) in [5.74, 6) is -0.402. The summed E-state index contributed by atoms with van der Waals surface area (Å²) in [4.78, 5) is 75.3. The molecule has 0 aromatic heterocycles. The predicted molar refractivity (Wildman–Crippen MR) is 181 cm³/mol. The van der Waals surface area contributed by atoms with E-state index in [9.17, 15) is 28.8 Å². The highest BCUT2D eigenvalue weighted by Gasteiger charge is 2.30. The molecule has 248 valence electrons. The van der Waals surface area contributed by atoms with Crippen molar-refractivity contribution in [3.8, 4) is 0 Å². The van der Waals surface area contributed by atoms with Crippen LogP contribution >= 0.6 is 0 Å². The van der Waals surface area contributed by atoms with Crippen molar-refractivity contribution in [1.82, 2.24) is 16.0 Å². The fourth-order valence-electron chi connectivity index (χ4n) is 6.06. The molecule has 9 nitrogen and oxygen atoms in total. The molecule has 2 aromatic carbocycles. The van der Waals surface area contributed by atoms with E-state index in [1.165, 1.54) is 0 Å². The molecular formula is C38H45N3O6. The van der Waals surface area contributed by atoms with Gasteiger partial charge in [-0.15, -0.1) is 0 Å². The summed E-state index contributed by atoms with van der Waals surface area (Å²) in [7, 11) is 0. The lowest BCUT2D eigenvalue weighted by molar-refractivity contribution is -0.122. The lowest BCUT2D eigenvalue weighted by Crippen LogP contribution is -2.29. The van der Waals surface area contributed by atoms with Crippen LogP contribution in [0.25, 0.3) is 0 Å². The molecule has 0 heterocycles. The molecule has 4 rings (SSSR count). The minimum Gasteiger partial charge on any atom is -0.356 e. The second kappa shape index (κ2) is 17.4. The van der Waals surface area contributed by atoms with E-state index in [-0.39, 0.29) is 34.9 Å². The van der Waals surface area contributed by atoms with Gasteiger partial charge in [-0.2, -0.15) is 0 Å². The van der Waals surface area contributed by atoms with Crippen molar-refractivity contribution in [2.45, 2.75) is 78.1 Å². The summed E-state index contributed by atoms with van der Waals surface area (Å²) in [6.07, 6.45) is 5.91. The topological polar surface area (TPSA) is 139 Å². The van der Waals surface area contributed by atoms with Gasteiger partial charge in [0.25, 0.3) is 0 Å². The van der Waals surface area contributed by atoms with Crippen molar-refractivity contribution in [3.63, 3.8) is 0 Å². The van der Waals surface area contributed by atoms with Crippen molar-refractivity contribution in [1.29, 1.82) is 0 Å². The van der Waals surface area contributed by atoms with Crippen LogP contribution in [0.3, 0.4) is 0 Å². The second-order valence-electron chi connectivity index (χ2n) is 12.2. The fourth-order valence-corrected chi connectivity index (χ4v) is 6.06. The van der Waals surface area contributed by atoms with Crippen LogP contribution in [0.1, 0.15) is 119 Å². The molecule has 0 fully saturated rings. The molecule has 0 radical (unpaired) electrons. The van der Waals surface area contributed by atoms with Gasteiger partial charge in [0.2, 0.25) is 11.8 Å². The largest absolute Gasteiger partial charge is 0.356 e. The van der Waals surface area contributed by atoms with Crippen LogP contribution in [0.15, 0.2) is 70.8 Å². The van der Waals surface area contributed by atoms with E-state index in [4.69, 9.17) is 0 Å².